The van der Waals surface area contributed by atoms with Crippen molar-refractivity contribution in [2.75, 3.05) is 0 Å². The van der Waals surface area contributed by atoms with Gasteiger partial charge in [-0.1, -0.05) is 46.3 Å². The van der Waals surface area contributed by atoms with Crippen molar-refractivity contribution in [2.45, 2.75) is 0 Å². The van der Waals surface area contributed by atoms with Gasteiger partial charge in [-0.3, -0.25) is 4.57 Å². The standard InChI is InChI=1S/C15H11BrN2O/c1-18-13-8-7-11(16)9-12(13)14(17-15(18)19)10-5-3-2-4-6-10/h2-9H,1H3. The Labute approximate surface area is 118 Å². The lowest BCUT2D eigenvalue weighted by atomic mass is 10.1. The molecule has 0 radical (unpaired) electrons. The van der Waals surface area contributed by atoms with Crippen LogP contribution < -0.4 is 5.69 Å². The molecule has 2 aromatic carbocycles. The monoisotopic (exact) mass is 314 g/mol. The summed E-state index contributed by atoms with van der Waals surface area (Å²) >= 11 is 3.47. The maximum absolute atomic E-state index is 12.0. The minimum Gasteiger partial charge on any atom is -0.295 e. The highest BCUT2D eigenvalue weighted by Gasteiger charge is 2.10. The summed E-state index contributed by atoms with van der Waals surface area (Å²) in [5.74, 6) is 0. The van der Waals surface area contributed by atoms with Gasteiger partial charge in [0.2, 0.25) is 0 Å². The molecule has 0 atom stereocenters. The maximum atomic E-state index is 12.0. The van der Waals surface area contributed by atoms with Crippen LogP contribution in [0.1, 0.15) is 0 Å². The zero-order valence-electron chi connectivity index (χ0n) is 10.3. The average molecular weight is 315 g/mol. The predicted molar refractivity (Wildman–Crippen MR) is 80.1 cm³/mol. The van der Waals surface area contributed by atoms with Gasteiger partial charge >= 0.3 is 5.69 Å². The van der Waals surface area contributed by atoms with Gasteiger partial charge in [0.15, 0.2) is 0 Å². The van der Waals surface area contributed by atoms with Crippen molar-refractivity contribution in [3.8, 4) is 11.3 Å². The van der Waals surface area contributed by atoms with Crippen LogP contribution in [-0.2, 0) is 7.05 Å². The predicted octanol–water partition coefficient (Wildman–Crippen LogP) is 3.36. The molecule has 0 aliphatic heterocycles. The van der Waals surface area contributed by atoms with Crippen molar-refractivity contribution in [3.05, 3.63) is 63.5 Å². The Balaban J connectivity index is 2.45. The molecule has 1 heterocycles. The van der Waals surface area contributed by atoms with Crippen molar-refractivity contribution >= 4 is 26.8 Å². The molecule has 0 aliphatic rings. The first-order chi connectivity index (χ1) is 9.16. The van der Waals surface area contributed by atoms with E-state index in [-0.39, 0.29) is 5.69 Å². The second kappa shape index (κ2) is 4.63. The Morgan fingerprint density at radius 3 is 2.58 bits per heavy atom. The summed E-state index contributed by atoms with van der Waals surface area (Å²) in [6.07, 6.45) is 0. The largest absolute Gasteiger partial charge is 0.348 e. The van der Waals surface area contributed by atoms with Gasteiger partial charge < -0.3 is 0 Å². The van der Waals surface area contributed by atoms with Crippen molar-refractivity contribution in [2.24, 2.45) is 7.05 Å². The quantitative estimate of drug-likeness (QED) is 0.690. The van der Waals surface area contributed by atoms with Crippen LogP contribution in [0.4, 0.5) is 0 Å². The smallest absolute Gasteiger partial charge is 0.295 e. The van der Waals surface area contributed by atoms with Crippen molar-refractivity contribution in [1.29, 1.82) is 0 Å². The van der Waals surface area contributed by atoms with Gasteiger partial charge in [0.1, 0.15) is 0 Å². The number of halogens is 1. The van der Waals surface area contributed by atoms with E-state index in [0.717, 1.165) is 26.6 Å². The third-order valence-corrected chi connectivity index (χ3v) is 3.61. The highest BCUT2D eigenvalue weighted by molar-refractivity contribution is 9.10. The molecule has 1 aromatic heterocycles. The molecule has 0 unspecified atom stereocenters. The normalized spacial score (nSPS) is 10.8. The molecule has 0 saturated carbocycles. The molecule has 0 amide bonds. The van der Waals surface area contributed by atoms with E-state index in [1.807, 2.05) is 48.5 Å². The number of fused-ring (bicyclic) bond motifs is 1. The fourth-order valence-electron chi connectivity index (χ4n) is 2.14. The number of benzene rings is 2. The van der Waals surface area contributed by atoms with Crippen LogP contribution in [-0.4, -0.2) is 9.55 Å². The third kappa shape index (κ3) is 2.08. The lowest BCUT2D eigenvalue weighted by Crippen LogP contribution is -2.21. The van der Waals surface area contributed by atoms with Crippen LogP contribution in [0.3, 0.4) is 0 Å². The highest BCUT2D eigenvalue weighted by Crippen LogP contribution is 2.27. The van der Waals surface area contributed by atoms with Crippen molar-refractivity contribution < 1.29 is 0 Å². The van der Waals surface area contributed by atoms with Crippen LogP contribution in [0.15, 0.2) is 57.8 Å². The van der Waals surface area contributed by atoms with E-state index >= 15 is 0 Å². The molecule has 4 heteroatoms. The molecule has 0 saturated heterocycles. The Morgan fingerprint density at radius 1 is 1.11 bits per heavy atom. The summed E-state index contributed by atoms with van der Waals surface area (Å²) in [5.41, 5.74) is 2.30. The fraction of sp³-hybridized carbons (Fsp3) is 0.0667. The topological polar surface area (TPSA) is 34.9 Å². The second-order valence-corrected chi connectivity index (χ2v) is 5.25. The second-order valence-electron chi connectivity index (χ2n) is 4.33. The molecular formula is C15H11BrN2O. The zero-order chi connectivity index (χ0) is 13.4. The average Bonchev–Trinajstić information content (AvgIpc) is 2.43. The molecule has 0 fully saturated rings. The summed E-state index contributed by atoms with van der Waals surface area (Å²) in [5, 5.41) is 0.961. The first kappa shape index (κ1) is 12.1. The Morgan fingerprint density at radius 2 is 1.84 bits per heavy atom. The van der Waals surface area contributed by atoms with Gasteiger partial charge in [0, 0.05) is 22.5 Å². The Bertz CT molecular complexity index is 809. The van der Waals surface area contributed by atoms with Crippen LogP contribution in [0.2, 0.25) is 0 Å². The molecule has 3 rings (SSSR count). The molecule has 0 spiro atoms. The molecule has 0 N–H and O–H groups in total. The summed E-state index contributed by atoms with van der Waals surface area (Å²) in [4.78, 5) is 16.2. The SMILES string of the molecule is Cn1c(=O)nc(-c2ccccc2)c2cc(Br)ccc21. The number of hydrogen-bond donors (Lipinski definition) is 0. The van der Waals surface area contributed by atoms with Crippen LogP contribution in [0.25, 0.3) is 22.2 Å². The van der Waals surface area contributed by atoms with E-state index in [2.05, 4.69) is 20.9 Å². The highest BCUT2D eigenvalue weighted by atomic mass is 79.9. The molecule has 0 aliphatic carbocycles. The minimum atomic E-state index is -0.242. The van der Waals surface area contributed by atoms with Crippen LogP contribution in [0, 0.1) is 0 Å². The number of nitrogens with zero attached hydrogens (tertiary/aromatic N) is 2. The van der Waals surface area contributed by atoms with Gasteiger partial charge in [-0.05, 0) is 18.2 Å². The maximum Gasteiger partial charge on any atom is 0.348 e. The van der Waals surface area contributed by atoms with Gasteiger partial charge in [0.25, 0.3) is 0 Å². The molecule has 94 valence electrons. The number of rotatable bonds is 1. The van der Waals surface area contributed by atoms with Crippen LogP contribution in [0.5, 0.6) is 0 Å². The fourth-order valence-corrected chi connectivity index (χ4v) is 2.50. The van der Waals surface area contributed by atoms with E-state index < -0.39 is 0 Å². The van der Waals surface area contributed by atoms with Gasteiger partial charge in [-0.15, -0.1) is 0 Å². The van der Waals surface area contributed by atoms with E-state index in [9.17, 15) is 4.79 Å². The Hall–Kier alpha value is -1.94. The number of aromatic nitrogens is 2. The van der Waals surface area contributed by atoms with Gasteiger partial charge in [0.05, 0.1) is 11.2 Å². The number of hydrogen-bond acceptors (Lipinski definition) is 2. The van der Waals surface area contributed by atoms with Crippen molar-refractivity contribution in [1.82, 2.24) is 9.55 Å². The summed E-state index contributed by atoms with van der Waals surface area (Å²) in [6, 6.07) is 15.6. The van der Waals surface area contributed by atoms with Gasteiger partial charge in [-0.2, -0.15) is 4.98 Å². The molecule has 3 nitrogen and oxygen atoms in total. The molecular weight excluding hydrogens is 304 g/mol. The van der Waals surface area contributed by atoms with E-state index in [1.165, 1.54) is 0 Å². The lowest BCUT2D eigenvalue weighted by Gasteiger charge is -2.09. The van der Waals surface area contributed by atoms with Gasteiger partial charge in [-0.25, -0.2) is 4.79 Å². The van der Waals surface area contributed by atoms with Crippen molar-refractivity contribution in [3.63, 3.8) is 0 Å². The molecule has 3 aromatic rings. The molecule has 19 heavy (non-hydrogen) atoms. The Kier molecular flexibility index (Phi) is 2.95. The first-order valence-electron chi connectivity index (χ1n) is 5.88. The van der Waals surface area contributed by atoms with Crippen LogP contribution >= 0.6 is 15.9 Å². The number of aryl methyl sites for hydroxylation is 1. The summed E-state index contributed by atoms with van der Waals surface area (Å²) in [6.45, 7) is 0. The summed E-state index contributed by atoms with van der Waals surface area (Å²) < 4.78 is 2.53. The van der Waals surface area contributed by atoms with E-state index in [0.29, 0.717) is 0 Å². The van der Waals surface area contributed by atoms with E-state index in [1.54, 1.807) is 11.6 Å². The minimum absolute atomic E-state index is 0.242. The zero-order valence-corrected chi connectivity index (χ0v) is 11.9. The molecule has 0 bridgehead atoms. The first-order valence-corrected chi connectivity index (χ1v) is 6.68. The lowest BCUT2D eigenvalue weighted by molar-refractivity contribution is 0.855. The third-order valence-electron chi connectivity index (χ3n) is 3.12. The summed E-state index contributed by atoms with van der Waals surface area (Å²) in [7, 11) is 1.74. The van der Waals surface area contributed by atoms with E-state index in [4.69, 9.17) is 0 Å².